The van der Waals surface area contributed by atoms with Gasteiger partial charge in [0, 0.05) is 30.1 Å². The van der Waals surface area contributed by atoms with Crippen LogP contribution in [0, 0.1) is 0 Å². The smallest absolute Gasteiger partial charge is 0.168 e. The van der Waals surface area contributed by atoms with Gasteiger partial charge in [0.25, 0.3) is 0 Å². The highest BCUT2D eigenvalue weighted by atomic mass is 35.5. The predicted octanol–water partition coefficient (Wildman–Crippen LogP) is 4.66. The summed E-state index contributed by atoms with van der Waals surface area (Å²) < 4.78 is 8.43. The normalized spacial score (nSPS) is 16.8. The summed E-state index contributed by atoms with van der Waals surface area (Å²) in [6, 6.07) is 7.92. The fourth-order valence-electron chi connectivity index (χ4n) is 4.03. The van der Waals surface area contributed by atoms with Gasteiger partial charge < -0.3 is 20.5 Å². The van der Waals surface area contributed by atoms with Crippen molar-refractivity contribution in [3.63, 3.8) is 0 Å². The Balaban J connectivity index is 0.00000259. The molecule has 33 heavy (non-hydrogen) atoms. The van der Waals surface area contributed by atoms with Crippen molar-refractivity contribution in [1.82, 2.24) is 25.1 Å². The minimum Gasteiger partial charge on any atom is -0.454 e. The molecule has 5 rings (SSSR count). The molecule has 8 nitrogen and oxygen atoms in total. The number of nitrogens with one attached hydrogen (secondary N) is 2. The Hall–Kier alpha value is -2.68. The van der Waals surface area contributed by atoms with Gasteiger partial charge in [-0.05, 0) is 70.8 Å². The van der Waals surface area contributed by atoms with E-state index in [1.807, 2.05) is 24.3 Å². The largest absolute Gasteiger partial charge is 0.454 e. The number of aliphatic hydroxyl groups is 1. The van der Waals surface area contributed by atoms with Crippen LogP contribution in [0.25, 0.3) is 0 Å². The number of ether oxygens (including phenoxy) is 1. The molecule has 1 saturated heterocycles. The maximum atomic E-state index is 10.2. The molecule has 176 valence electrons. The molecule has 3 aromatic rings. The van der Waals surface area contributed by atoms with E-state index in [1.54, 1.807) is 26.2 Å². The fraction of sp³-hybridized carbons (Fsp3) is 0.458. The lowest BCUT2D eigenvalue weighted by Gasteiger charge is -2.21. The van der Waals surface area contributed by atoms with Crippen molar-refractivity contribution in [2.45, 2.75) is 57.1 Å². The number of aromatic nitrogens is 4. The van der Waals surface area contributed by atoms with Gasteiger partial charge in [-0.1, -0.05) is 0 Å². The zero-order valence-corrected chi connectivity index (χ0v) is 19.8. The average Bonchev–Trinajstić information content (AvgIpc) is 3.55. The summed E-state index contributed by atoms with van der Waals surface area (Å²) in [6.07, 6.45) is 9.99. The summed E-state index contributed by atoms with van der Waals surface area (Å²) in [5.41, 5.74) is 1.45. The molecule has 0 unspecified atom stereocenters. The lowest BCUT2D eigenvalue weighted by Crippen LogP contribution is -2.27. The van der Waals surface area contributed by atoms with Crippen LogP contribution in [0.15, 0.2) is 42.9 Å². The Morgan fingerprint density at radius 2 is 1.85 bits per heavy atom. The van der Waals surface area contributed by atoms with Gasteiger partial charge in [-0.3, -0.25) is 9.67 Å². The summed E-state index contributed by atoms with van der Waals surface area (Å²) >= 11 is 0. The van der Waals surface area contributed by atoms with E-state index in [4.69, 9.17) is 9.84 Å². The number of nitrogens with zero attached hydrogens (tertiary/aromatic N) is 4. The molecule has 2 aliphatic rings. The van der Waals surface area contributed by atoms with Crippen molar-refractivity contribution in [1.29, 1.82) is 0 Å². The van der Waals surface area contributed by atoms with E-state index in [9.17, 15) is 5.11 Å². The van der Waals surface area contributed by atoms with E-state index >= 15 is 0 Å². The third-order valence-electron chi connectivity index (χ3n) is 5.99. The number of rotatable bonds is 7. The van der Waals surface area contributed by atoms with Crippen LogP contribution >= 0.6 is 12.4 Å². The van der Waals surface area contributed by atoms with E-state index in [2.05, 4.69) is 31.5 Å². The van der Waals surface area contributed by atoms with Crippen molar-refractivity contribution in [2.75, 3.05) is 18.4 Å². The summed E-state index contributed by atoms with van der Waals surface area (Å²) in [5.74, 6) is 2.63. The van der Waals surface area contributed by atoms with Crippen molar-refractivity contribution in [3.05, 3.63) is 54.2 Å². The molecule has 0 atom stereocenters. The Kier molecular flexibility index (Phi) is 6.88. The number of hydrogen-bond donors (Lipinski definition) is 3. The Labute approximate surface area is 200 Å². The minimum absolute atomic E-state index is 0. The van der Waals surface area contributed by atoms with Crippen molar-refractivity contribution in [2.24, 2.45) is 0 Å². The van der Waals surface area contributed by atoms with Crippen LogP contribution in [0.4, 0.5) is 11.5 Å². The molecule has 0 aromatic carbocycles. The molecule has 1 saturated carbocycles. The van der Waals surface area contributed by atoms with E-state index in [1.165, 1.54) is 12.8 Å². The second kappa shape index (κ2) is 9.67. The SMILES string of the molecule is CC(C)(O)c1cc(Nc2cc(Oc3cn(C4CC4)nc3C3CCNCC3)ccn2)ccn1.Cl. The van der Waals surface area contributed by atoms with Crippen LogP contribution in [-0.2, 0) is 5.60 Å². The molecule has 9 heteroatoms. The van der Waals surface area contributed by atoms with Crippen LogP contribution in [-0.4, -0.2) is 37.9 Å². The van der Waals surface area contributed by atoms with Crippen LogP contribution < -0.4 is 15.4 Å². The Morgan fingerprint density at radius 3 is 2.58 bits per heavy atom. The van der Waals surface area contributed by atoms with E-state index in [0.717, 1.165) is 43.1 Å². The molecule has 1 aliphatic heterocycles. The highest BCUT2D eigenvalue weighted by molar-refractivity contribution is 5.85. The Bertz CT molecular complexity index is 1090. The predicted molar refractivity (Wildman–Crippen MR) is 130 cm³/mol. The number of hydrogen-bond acceptors (Lipinski definition) is 7. The molecule has 3 aromatic heterocycles. The first kappa shape index (κ1) is 23.5. The van der Waals surface area contributed by atoms with Crippen LogP contribution in [0.5, 0.6) is 11.5 Å². The molecular weight excluding hydrogens is 440 g/mol. The minimum atomic E-state index is -1.01. The molecule has 3 N–H and O–H groups in total. The van der Waals surface area contributed by atoms with Crippen molar-refractivity contribution < 1.29 is 9.84 Å². The number of pyridine rings is 2. The molecule has 4 heterocycles. The number of piperidine rings is 1. The van der Waals surface area contributed by atoms with Gasteiger partial charge in [0.15, 0.2) is 5.75 Å². The summed E-state index contributed by atoms with van der Waals surface area (Å²) in [7, 11) is 0. The molecule has 0 amide bonds. The van der Waals surface area contributed by atoms with Crippen LogP contribution in [0.1, 0.15) is 62.9 Å². The lowest BCUT2D eigenvalue weighted by molar-refractivity contribution is 0.0739. The van der Waals surface area contributed by atoms with Gasteiger partial charge in [0.1, 0.15) is 22.9 Å². The van der Waals surface area contributed by atoms with Gasteiger partial charge in [0.2, 0.25) is 0 Å². The second-order valence-corrected chi connectivity index (χ2v) is 9.21. The monoisotopic (exact) mass is 470 g/mol. The number of halogens is 1. The topological polar surface area (TPSA) is 97.1 Å². The maximum Gasteiger partial charge on any atom is 0.168 e. The molecule has 2 fully saturated rings. The van der Waals surface area contributed by atoms with Crippen molar-refractivity contribution in [3.8, 4) is 11.5 Å². The summed E-state index contributed by atoms with van der Waals surface area (Å²) in [4.78, 5) is 8.67. The fourth-order valence-corrected chi connectivity index (χ4v) is 4.03. The highest BCUT2D eigenvalue weighted by Gasteiger charge is 2.29. The van der Waals surface area contributed by atoms with E-state index in [0.29, 0.717) is 29.2 Å². The first-order valence-electron chi connectivity index (χ1n) is 11.4. The van der Waals surface area contributed by atoms with Crippen LogP contribution in [0.2, 0.25) is 0 Å². The molecule has 1 aliphatic carbocycles. The van der Waals surface area contributed by atoms with Crippen molar-refractivity contribution >= 4 is 23.9 Å². The second-order valence-electron chi connectivity index (χ2n) is 9.21. The summed E-state index contributed by atoms with van der Waals surface area (Å²) in [5, 5.41) is 21.9. The van der Waals surface area contributed by atoms with Gasteiger partial charge in [0.05, 0.1) is 17.9 Å². The quantitative estimate of drug-likeness (QED) is 0.462. The van der Waals surface area contributed by atoms with Gasteiger partial charge in [-0.2, -0.15) is 5.10 Å². The average molecular weight is 471 g/mol. The van der Waals surface area contributed by atoms with Crippen LogP contribution in [0.3, 0.4) is 0 Å². The maximum absolute atomic E-state index is 10.2. The lowest BCUT2D eigenvalue weighted by atomic mass is 9.94. The first-order valence-corrected chi connectivity index (χ1v) is 11.4. The number of anilines is 2. The Morgan fingerprint density at radius 1 is 1.09 bits per heavy atom. The third-order valence-corrected chi connectivity index (χ3v) is 5.99. The van der Waals surface area contributed by atoms with Gasteiger partial charge in [-0.15, -0.1) is 12.4 Å². The van der Waals surface area contributed by atoms with E-state index < -0.39 is 5.60 Å². The highest BCUT2D eigenvalue weighted by Crippen LogP contribution is 2.40. The summed E-state index contributed by atoms with van der Waals surface area (Å²) in [6.45, 7) is 5.46. The van der Waals surface area contributed by atoms with Gasteiger partial charge >= 0.3 is 0 Å². The molecule has 0 bridgehead atoms. The zero-order chi connectivity index (χ0) is 22.1. The van der Waals surface area contributed by atoms with Gasteiger partial charge in [-0.25, -0.2) is 4.98 Å². The standard InChI is InChI=1S/C24H30N6O2.ClH/c1-24(2,31)21-13-17(7-11-26-21)28-22-14-19(8-12-27-22)32-20-15-30(18-3-4-18)29-23(20)16-5-9-25-10-6-16;/h7-8,11-16,18,25,31H,3-6,9-10H2,1-2H3,(H,26,27,28);1H. The third kappa shape index (κ3) is 5.63. The molecule has 0 radical (unpaired) electrons. The zero-order valence-electron chi connectivity index (χ0n) is 19.0. The van der Waals surface area contributed by atoms with E-state index in [-0.39, 0.29) is 12.4 Å². The first-order chi connectivity index (χ1) is 15.5. The molecular formula is C24H31ClN6O2. The molecule has 0 spiro atoms.